The highest BCUT2D eigenvalue weighted by Gasteiger charge is 2.06. The molecule has 106 valence electrons. The van der Waals surface area contributed by atoms with Crippen molar-refractivity contribution < 1.29 is 0 Å². The summed E-state index contributed by atoms with van der Waals surface area (Å²) in [5.74, 6) is 0.712. The van der Waals surface area contributed by atoms with Gasteiger partial charge in [0.25, 0.3) is 0 Å². The van der Waals surface area contributed by atoms with Crippen molar-refractivity contribution in [2.75, 3.05) is 11.9 Å². The van der Waals surface area contributed by atoms with E-state index < -0.39 is 0 Å². The number of aryl methyl sites for hydroxylation is 3. The summed E-state index contributed by atoms with van der Waals surface area (Å²) in [5.41, 5.74) is 3.74. The minimum Gasteiger partial charge on any atom is -0.354 e. The van der Waals surface area contributed by atoms with Crippen molar-refractivity contribution in [1.82, 2.24) is 9.97 Å². The maximum Gasteiger partial charge on any atom is 0.223 e. The Bertz CT molecular complexity index is 596. The molecule has 0 unspecified atom stereocenters. The van der Waals surface area contributed by atoms with Crippen LogP contribution in [0.1, 0.15) is 30.0 Å². The van der Waals surface area contributed by atoms with Gasteiger partial charge in [0.1, 0.15) is 5.03 Å². The third-order valence-corrected chi connectivity index (χ3v) is 4.25. The second-order valence-corrected chi connectivity index (χ2v) is 6.02. The highest BCUT2D eigenvalue weighted by molar-refractivity contribution is 7.99. The van der Waals surface area contributed by atoms with E-state index in [1.165, 1.54) is 16.0 Å². The predicted molar refractivity (Wildman–Crippen MR) is 85.6 cm³/mol. The third-order valence-electron chi connectivity index (χ3n) is 3.15. The van der Waals surface area contributed by atoms with Gasteiger partial charge in [-0.15, -0.1) is 0 Å². The van der Waals surface area contributed by atoms with Crippen molar-refractivity contribution >= 4 is 17.7 Å². The Labute approximate surface area is 125 Å². The minimum absolute atomic E-state index is 0.712. The zero-order valence-electron chi connectivity index (χ0n) is 12.5. The molecule has 1 aromatic heterocycles. The molecule has 2 rings (SSSR count). The van der Waals surface area contributed by atoms with Gasteiger partial charge in [0.2, 0.25) is 5.95 Å². The first kappa shape index (κ1) is 14.9. The Balaban J connectivity index is 2.20. The van der Waals surface area contributed by atoms with Crippen LogP contribution >= 0.6 is 11.8 Å². The second kappa shape index (κ2) is 6.75. The van der Waals surface area contributed by atoms with Gasteiger partial charge >= 0.3 is 0 Å². The van der Waals surface area contributed by atoms with Gasteiger partial charge in [0, 0.05) is 23.2 Å². The lowest BCUT2D eigenvalue weighted by atomic mass is 10.1. The van der Waals surface area contributed by atoms with Crippen LogP contribution in [0.2, 0.25) is 0 Å². The van der Waals surface area contributed by atoms with Crippen molar-refractivity contribution in [3.63, 3.8) is 0 Å². The summed E-state index contributed by atoms with van der Waals surface area (Å²) in [6, 6.07) is 6.51. The highest BCUT2D eigenvalue weighted by atomic mass is 32.2. The molecule has 0 aliphatic carbocycles. The van der Waals surface area contributed by atoms with Crippen LogP contribution in [0.5, 0.6) is 0 Å². The molecule has 0 atom stereocenters. The fourth-order valence-electron chi connectivity index (χ4n) is 1.74. The van der Waals surface area contributed by atoms with Crippen molar-refractivity contribution in [2.45, 2.75) is 44.0 Å². The molecule has 4 heteroatoms. The molecule has 3 nitrogen and oxygen atoms in total. The van der Waals surface area contributed by atoms with E-state index in [2.05, 4.69) is 54.3 Å². The van der Waals surface area contributed by atoms with E-state index in [-0.39, 0.29) is 0 Å². The number of benzene rings is 1. The standard InChI is InChI=1S/C16H21N3S/c1-5-8-17-16-18-10-13(4)15(19-16)20-14-7-6-11(2)12(3)9-14/h6-7,9-10H,5,8H2,1-4H3,(H,17,18,19). The van der Waals surface area contributed by atoms with Crippen LogP contribution in [0.25, 0.3) is 0 Å². The minimum atomic E-state index is 0.712. The molecule has 0 aliphatic heterocycles. The van der Waals surface area contributed by atoms with Crippen LogP contribution in [-0.4, -0.2) is 16.5 Å². The Morgan fingerprint density at radius 2 is 1.90 bits per heavy atom. The Morgan fingerprint density at radius 3 is 2.60 bits per heavy atom. The molecule has 0 amide bonds. The lowest BCUT2D eigenvalue weighted by molar-refractivity contribution is 0.925. The van der Waals surface area contributed by atoms with Crippen LogP contribution in [0.4, 0.5) is 5.95 Å². The first-order valence-corrected chi connectivity index (χ1v) is 7.74. The number of nitrogens with zero attached hydrogens (tertiary/aromatic N) is 2. The zero-order valence-corrected chi connectivity index (χ0v) is 13.3. The summed E-state index contributed by atoms with van der Waals surface area (Å²) < 4.78 is 0. The van der Waals surface area contributed by atoms with Crippen LogP contribution in [0.3, 0.4) is 0 Å². The zero-order chi connectivity index (χ0) is 14.5. The van der Waals surface area contributed by atoms with Gasteiger partial charge in [0.15, 0.2) is 0 Å². The van der Waals surface area contributed by atoms with E-state index in [4.69, 9.17) is 0 Å². The molecule has 0 aliphatic rings. The SMILES string of the molecule is CCCNc1ncc(C)c(Sc2ccc(C)c(C)c2)n1. The van der Waals surface area contributed by atoms with Gasteiger partial charge in [-0.2, -0.15) is 0 Å². The lowest BCUT2D eigenvalue weighted by Gasteiger charge is -2.09. The number of anilines is 1. The summed E-state index contributed by atoms with van der Waals surface area (Å²) in [7, 11) is 0. The molecule has 1 N–H and O–H groups in total. The number of aromatic nitrogens is 2. The molecule has 0 fully saturated rings. The average Bonchev–Trinajstić information content (AvgIpc) is 2.44. The number of rotatable bonds is 5. The first-order chi connectivity index (χ1) is 9.60. The van der Waals surface area contributed by atoms with Crippen molar-refractivity contribution in [1.29, 1.82) is 0 Å². The lowest BCUT2D eigenvalue weighted by Crippen LogP contribution is -2.05. The summed E-state index contributed by atoms with van der Waals surface area (Å²) in [4.78, 5) is 10.1. The molecular formula is C16H21N3S. The summed E-state index contributed by atoms with van der Waals surface area (Å²) in [6.07, 6.45) is 2.95. The summed E-state index contributed by atoms with van der Waals surface area (Å²) >= 11 is 1.69. The Morgan fingerprint density at radius 1 is 1.10 bits per heavy atom. The Kier molecular flexibility index (Phi) is 5.01. The van der Waals surface area contributed by atoms with E-state index in [0.717, 1.165) is 23.6 Å². The van der Waals surface area contributed by atoms with Crippen molar-refractivity contribution in [2.24, 2.45) is 0 Å². The predicted octanol–water partition coefficient (Wildman–Crippen LogP) is 4.37. The average molecular weight is 287 g/mol. The molecule has 0 radical (unpaired) electrons. The number of hydrogen-bond acceptors (Lipinski definition) is 4. The van der Waals surface area contributed by atoms with Gasteiger partial charge in [0.05, 0.1) is 0 Å². The van der Waals surface area contributed by atoms with E-state index in [1.807, 2.05) is 13.1 Å². The van der Waals surface area contributed by atoms with Crippen LogP contribution < -0.4 is 5.32 Å². The molecule has 0 bridgehead atoms. The summed E-state index contributed by atoms with van der Waals surface area (Å²) in [6.45, 7) is 9.35. The molecule has 0 spiro atoms. The van der Waals surface area contributed by atoms with Gasteiger partial charge in [-0.3, -0.25) is 0 Å². The van der Waals surface area contributed by atoms with Gasteiger partial charge in [-0.1, -0.05) is 24.8 Å². The van der Waals surface area contributed by atoms with Gasteiger partial charge in [-0.05, 0) is 50.5 Å². The van der Waals surface area contributed by atoms with Gasteiger partial charge in [-0.25, -0.2) is 9.97 Å². The van der Waals surface area contributed by atoms with Crippen LogP contribution in [-0.2, 0) is 0 Å². The third kappa shape index (κ3) is 3.73. The molecule has 0 saturated heterocycles. The fourth-order valence-corrected chi connectivity index (χ4v) is 2.68. The quantitative estimate of drug-likeness (QED) is 0.828. The van der Waals surface area contributed by atoms with Gasteiger partial charge < -0.3 is 5.32 Å². The van der Waals surface area contributed by atoms with E-state index in [0.29, 0.717) is 5.95 Å². The first-order valence-electron chi connectivity index (χ1n) is 6.92. The molecule has 0 saturated carbocycles. The summed E-state index contributed by atoms with van der Waals surface area (Å²) in [5, 5.41) is 4.25. The second-order valence-electron chi connectivity index (χ2n) is 4.96. The van der Waals surface area contributed by atoms with E-state index in [1.54, 1.807) is 11.8 Å². The maximum absolute atomic E-state index is 4.60. The molecular weight excluding hydrogens is 266 g/mol. The maximum atomic E-state index is 4.60. The van der Waals surface area contributed by atoms with Crippen molar-refractivity contribution in [3.8, 4) is 0 Å². The van der Waals surface area contributed by atoms with E-state index in [9.17, 15) is 0 Å². The number of hydrogen-bond donors (Lipinski definition) is 1. The molecule has 1 heterocycles. The topological polar surface area (TPSA) is 37.8 Å². The fraction of sp³-hybridized carbons (Fsp3) is 0.375. The monoisotopic (exact) mass is 287 g/mol. The van der Waals surface area contributed by atoms with Crippen LogP contribution in [0, 0.1) is 20.8 Å². The number of nitrogens with one attached hydrogen (secondary N) is 1. The molecule has 2 aromatic rings. The van der Waals surface area contributed by atoms with Crippen molar-refractivity contribution in [3.05, 3.63) is 41.1 Å². The molecule has 1 aromatic carbocycles. The molecule has 20 heavy (non-hydrogen) atoms. The Hall–Kier alpha value is -1.55. The van der Waals surface area contributed by atoms with E-state index >= 15 is 0 Å². The smallest absolute Gasteiger partial charge is 0.223 e. The van der Waals surface area contributed by atoms with Crippen LogP contribution in [0.15, 0.2) is 34.3 Å². The normalized spacial score (nSPS) is 10.6. The highest BCUT2D eigenvalue weighted by Crippen LogP contribution is 2.30. The largest absolute Gasteiger partial charge is 0.354 e.